The Balaban J connectivity index is 1.86. The number of hydrogen-bond donors (Lipinski definition) is 1. The van der Waals surface area contributed by atoms with Gasteiger partial charge in [-0.3, -0.25) is 0 Å². The van der Waals surface area contributed by atoms with E-state index in [1.165, 1.54) is 0 Å². The van der Waals surface area contributed by atoms with Crippen molar-refractivity contribution in [2.45, 2.75) is 25.9 Å². The van der Waals surface area contributed by atoms with Gasteiger partial charge in [0.15, 0.2) is 0 Å². The van der Waals surface area contributed by atoms with Crippen LogP contribution in [-0.2, 0) is 4.74 Å². The summed E-state index contributed by atoms with van der Waals surface area (Å²) in [5.41, 5.74) is 1.06. The van der Waals surface area contributed by atoms with Gasteiger partial charge in [0.2, 0.25) is 0 Å². The van der Waals surface area contributed by atoms with E-state index < -0.39 is 0 Å². The Labute approximate surface area is 102 Å². The maximum Gasteiger partial charge on any atom is 0.128 e. The molecule has 0 aromatic carbocycles. The zero-order chi connectivity index (χ0) is 12.1. The zero-order valence-electron chi connectivity index (χ0n) is 10.3. The summed E-state index contributed by atoms with van der Waals surface area (Å²) >= 11 is 0. The summed E-state index contributed by atoms with van der Waals surface area (Å²) in [6.45, 7) is 4.53. The first-order chi connectivity index (χ1) is 8.29. The molecule has 4 nitrogen and oxygen atoms in total. The van der Waals surface area contributed by atoms with Crippen LogP contribution >= 0.6 is 0 Å². The normalized spacial score (nSPS) is 17.4. The van der Waals surface area contributed by atoms with Crippen molar-refractivity contribution in [2.75, 3.05) is 31.2 Å². The molecule has 2 rings (SSSR count). The first-order valence-corrected chi connectivity index (χ1v) is 6.20. The molecule has 0 unspecified atom stereocenters. The van der Waals surface area contributed by atoms with Gasteiger partial charge in [0.1, 0.15) is 5.82 Å². The van der Waals surface area contributed by atoms with Gasteiger partial charge >= 0.3 is 0 Å². The molecule has 94 valence electrons. The van der Waals surface area contributed by atoms with Gasteiger partial charge in [0.05, 0.1) is 19.3 Å². The Kier molecular flexibility index (Phi) is 4.34. The summed E-state index contributed by atoms with van der Waals surface area (Å²) in [5, 5.41) is 8.71. The van der Waals surface area contributed by atoms with E-state index in [0.29, 0.717) is 12.7 Å². The number of aromatic nitrogens is 1. The average molecular weight is 236 g/mol. The molecule has 1 aliphatic rings. The molecule has 0 spiro atoms. The van der Waals surface area contributed by atoms with Gasteiger partial charge in [-0.2, -0.15) is 0 Å². The number of pyridine rings is 1. The summed E-state index contributed by atoms with van der Waals surface area (Å²) < 4.78 is 5.54. The first kappa shape index (κ1) is 12.3. The van der Waals surface area contributed by atoms with E-state index in [1.54, 1.807) is 0 Å². The first-order valence-electron chi connectivity index (χ1n) is 6.20. The highest BCUT2D eigenvalue weighted by Crippen LogP contribution is 2.19. The number of piperidine rings is 1. The van der Waals surface area contributed by atoms with Crippen molar-refractivity contribution in [2.24, 2.45) is 0 Å². The van der Waals surface area contributed by atoms with E-state index in [0.717, 1.165) is 37.4 Å². The Bertz CT molecular complexity index is 349. The van der Waals surface area contributed by atoms with Crippen molar-refractivity contribution in [3.63, 3.8) is 0 Å². The lowest BCUT2D eigenvalue weighted by molar-refractivity contribution is 0.0158. The summed E-state index contributed by atoms with van der Waals surface area (Å²) in [6.07, 6.45) is 2.31. The highest BCUT2D eigenvalue weighted by atomic mass is 16.5. The number of hydrogen-bond acceptors (Lipinski definition) is 4. The second-order valence-corrected chi connectivity index (χ2v) is 4.42. The Morgan fingerprint density at radius 2 is 2.18 bits per heavy atom. The molecule has 0 aliphatic carbocycles. The number of anilines is 1. The molecule has 1 saturated heterocycles. The molecule has 0 amide bonds. The van der Waals surface area contributed by atoms with E-state index in [1.807, 2.05) is 19.1 Å². The minimum absolute atomic E-state index is 0.111. The third-order valence-electron chi connectivity index (χ3n) is 3.08. The van der Waals surface area contributed by atoms with Crippen molar-refractivity contribution < 1.29 is 9.84 Å². The molecule has 1 fully saturated rings. The fraction of sp³-hybridized carbons (Fsp3) is 0.615. The van der Waals surface area contributed by atoms with Crippen LogP contribution in [0, 0.1) is 6.92 Å². The molecule has 1 aromatic heterocycles. The van der Waals surface area contributed by atoms with E-state index in [-0.39, 0.29) is 6.61 Å². The molecule has 0 bridgehead atoms. The monoisotopic (exact) mass is 236 g/mol. The Morgan fingerprint density at radius 3 is 2.82 bits per heavy atom. The predicted molar refractivity (Wildman–Crippen MR) is 67.2 cm³/mol. The van der Waals surface area contributed by atoms with Crippen LogP contribution in [0.15, 0.2) is 18.2 Å². The van der Waals surface area contributed by atoms with Crippen LogP contribution in [0.3, 0.4) is 0 Å². The third-order valence-corrected chi connectivity index (χ3v) is 3.08. The highest BCUT2D eigenvalue weighted by Gasteiger charge is 2.20. The molecular formula is C13H20N2O2. The van der Waals surface area contributed by atoms with Crippen molar-refractivity contribution in [1.82, 2.24) is 4.98 Å². The van der Waals surface area contributed by atoms with Crippen LogP contribution in [0.1, 0.15) is 18.5 Å². The van der Waals surface area contributed by atoms with Crippen LogP contribution in [0.5, 0.6) is 0 Å². The Morgan fingerprint density at radius 1 is 1.41 bits per heavy atom. The minimum atomic E-state index is 0.111. The quantitative estimate of drug-likeness (QED) is 0.857. The van der Waals surface area contributed by atoms with Gasteiger partial charge in [-0.25, -0.2) is 4.98 Å². The molecule has 2 heterocycles. The third kappa shape index (κ3) is 3.41. The van der Waals surface area contributed by atoms with Gasteiger partial charge in [0.25, 0.3) is 0 Å². The van der Waals surface area contributed by atoms with E-state index in [2.05, 4.69) is 16.0 Å². The van der Waals surface area contributed by atoms with Gasteiger partial charge in [-0.1, -0.05) is 6.07 Å². The molecule has 0 saturated carbocycles. The van der Waals surface area contributed by atoms with E-state index in [9.17, 15) is 0 Å². The summed E-state index contributed by atoms with van der Waals surface area (Å²) in [6, 6.07) is 6.12. The van der Waals surface area contributed by atoms with Crippen LogP contribution in [0.25, 0.3) is 0 Å². The minimum Gasteiger partial charge on any atom is -0.394 e. The van der Waals surface area contributed by atoms with Crippen LogP contribution < -0.4 is 4.90 Å². The summed E-state index contributed by atoms with van der Waals surface area (Å²) in [4.78, 5) is 6.83. The molecule has 1 aromatic rings. The number of aliphatic hydroxyl groups excluding tert-OH is 1. The number of ether oxygens (including phenoxy) is 1. The zero-order valence-corrected chi connectivity index (χ0v) is 10.3. The maximum atomic E-state index is 8.71. The number of nitrogens with zero attached hydrogens (tertiary/aromatic N) is 2. The molecule has 1 aliphatic heterocycles. The van der Waals surface area contributed by atoms with E-state index >= 15 is 0 Å². The molecule has 4 heteroatoms. The number of rotatable bonds is 4. The van der Waals surface area contributed by atoms with E-state index in [4.69, 9.17) is 9.84 Å². The van der Waals surface area contributed by atoms with Gasteiger partial charge in [0, 0.05) is 18.8 Å². The Hall–Kier alpha value is -1.13. The standard InChI is InChI=1S/C13H20N2O2/c1-11-3-2-4-13(14-11)15-7-5-12(6-8-15)17-10-9-16/h2-4,12,16H,5-10H2,1H3. The fourth-order valence-corrected chi connectivity index (χ4v) is 2.18. The molecule has 0 atom stereocenters. The van der Waals surface area contributed by atoms with Gasteiger partial charge < -0.3 is 14.7 Å². The molecule has 1 N–H and O–H groups in total. The summed E-state index contributed by atoms with van der Waals surface area (Å²) in [5.74, 6) is 1.06. The summed E-state index contributed by atoms with van der Waals surface area (Å²) in [7, 11) is 0. The van der Waals surface area contributed by atoms with Crippen molar-refractivity contribution in [3.05, 3.63) is 23.9 Å². The molecular weight excluding hydrogens is 216 g/mol. The van der Waals surface area contributed by atoms with Gasteiger partial charge in [-0.05, 0) is 31.9 Å². The van der Waals surface area contributed by atoms with Crippen LogP contribution in [0.4, 0.5) is 5.82 Å². The SMILES string of the molecule is Cc1cccc(N2CCC(OCCO)CC2)n1. The van der Waals surface area contributed by atoms with Crippen molar-refractivity contribution in [1.29, 1.82) is 0 Å². The largest absolute Gasteiger partial charge is 0.394 e. The average Bonchev–Trinajstić information content (AvgIpc) is 2.37. The van der Waals surface area contributed by atoms with Gasteiger partial charge in [-0.15, -0.1) is 0 Å². The lowest BCUT2D eigenvalue weighted by Crippen LogP contribution is -2.37. The smallest absolute Gasteiger partial charge is 0.128 e. The second-order valence-electron chi connectivity index (χ2n) is 4.42. The number of aryl methyl sites for hydroxylation is 1. The highest BCUT2D eigenvalue weighted by molar-refractivity contribution is 5.39. The van der Waals surface area contributed by atoms with Crippen LogP contribution in [0.2, 0.25) is 0 Å². The molecule has 0 radical (unpaired) electrons. The second kappa shape index (κ2) is 5.98. The van der Waals surface area contributed by atoms with Crippen LogP contribution in [-0.4, -0.2) is 42.5 Å². The lowest BCUT2D eigenvalue weighted by atomic mass is 10.1. The predicted octanol–water partition coefficient (Wildman–Crippen LogP) is 1.37. The fourth-order valence-electron chi connectivity index (χ4n) is 2.18. The number of aliphatic hydroxyl groups is 1. The van der Waals surface area contributed by atoms with Crippen molar-refractivity contribution >= 4 is 5.82 Å². The van der Waals surface area contributed by atoms with Crippen molar-refractivity contribution in [3.8, 4) is 0 Å². The topological polar surface area (TPSA) is 45.6 Å². The maximum absolute atomic E-state index is 8.71. The molecule has 17 heavy (non-hydrogen) atoms. The lowest BCUT2D eigenvalue weighted by Gasteiger charge is -2.32.